The molecule has 3 rings (SSSR count). The Balaban J connectivity index is 1.72. The Morgan fingerprint density at radius 1 is 1.53 bits per heavy atom. The summed E-state index contributed by atoms with van der Waals surface area (Å²) in [6.07, 6.45) is 2.32. The van der Waals surface area contributed by atoms with E-state index in [9.17, 15) is 4.79 Å². The molecular formula is C14H20N2O2S. The Labute approximate surface area is 117 Å². The van der Waals surface area contributed by atoms with Crippen LogP contribution in [0.2, 0.25) is 0 Å². The molecule has 1 saturated carbocycles. The molecule has 1 saturated heterocycles. The maximum atomic E-state index is 12.3. The van der Waals surface area contributed by atoms with E-state index in [1.165, 1.54) is 4.88 Å². The lowest BCUT2D eigenvalue weighted by Gasteiger charge is -2.42. The zero-order chi connectivity index (χ0) is 13.4. The number of carbonyl (C=O) groups excluding carboxylic acids is 1. The van der Waals surface area contributed by atoms with E-state index in [0.717, 1.165) is 19.4 Å². The molecule has 2 aliphatic rings. The number of hydrogen-bond donors (Lipinski definition) is 1. The van der Waals surface area contributed by atoms with Crippen molar-refractivity contribution in [3.63, 3.8) is 0 Å². The monoisotopic (exact) mass is 280 g/mol. The van der Waals surface area contributed by atoms with Crippen LogP contribution in [0.15, 0.2) is 17.5 Å². The highest BCUT2D eigenvalue weighted by molar-refractivity contribution is 7.10. The smallest absolute Gasteiger partial charge is 0.241 e. The average Bonchev–Trinajstić information content (AvgIpc) is 2.95. The molecule has 4 nitrogen and oxygen atoms in total. The van der Waals surface area contributed by atoms with Crippen molar-refractivity contribution >= 4 is 17.2 Å². The number of hydrogen-bond acceptors (Lipinski definition) is 4. The van der Waals surface area contributed by atoms with Gasteiger partial charge in [-0.3, -0.25) is 10.1 Å². The molecule has 5 heteroatoms. The van der Waals surface area contributed by atoms with Crippen LogP contribution in [-0.2, 0) is 9.53 Å². The maximum Gasteiger partial charge on any atom is 0.241 e. The first-order valence-electron chi connectivity index (χ1n) is 6.94. The van der Waals surface area contributed by atoms with Crippen molar-refractivity contribution in [3.8, 4) is 0 Å². The van der Waals surface area contributed by atoms with E-state index in [0.29, 0.717) is 12.1 Å². The van der Waals surface area contributed by atoms with E-state index >= 15 is 0 Å². The third-order valence-corrected chi connectivity index (χ3v) is 4.91. The number of nitrogens with one attached hydrogen (secondary N) is 1. The van der Waals surface area contributed by atoms with Gasteiger partial charge in [0.15, 0.2) is 0 Å². The van der Waals surface area contributed by atoms with Crippen LogP contribution in [0.5, 0.6) is 0 Å². The van der Waals surface area contributed by atoms with Gasteiger partial charge in [-0.1, -0.05) is 6.07 Å². The summed E-state index contributed by atoms with van der Waals surface area (Å²) in [5, 5.41) is 5.46. The molecule has 0 bridgehead atoms. The molecule has 1 aliphatic carbocycles. The molecule has 1 aromatic rings. The van der Waals surface area contributed by atoms with Gasteiger partial charge in [0.25, 0.3) is 0 Å². The highest BCUT2D eigenvalue weighted by atomic mass is 32.1. The lowest BCUT2D eigenvalue weighted by molar-refractivity contribution is -0.138. The van der Waals surface area contributed by atoms with Crippen LogP contribution in [0.4, 0.5) is 0 Å². The van der Waals surface area contributed by atoms with Crippen molar-refractivity contribution in [2.75, 3.05) is 6.61 Å². The van der Waals surface area contributed by atoms with Crippen molar-refractivity contribution in [2.24, 2.45) is 0 Å². The van der Waals surface area contributed by atoms with Gasteiger partial charge < -0.3 is 9.64 Å². The number of carbonyl (C=O) groups is 1. The molecule has 1 aliphatic heterocycles. The van der Waals surface area contributed by atoms with Crippen LogP contribution < -0.4 is 5.32 Å². The van der Waals surface area contributed by atoms with Gasteiger partial charge >= 0.3 is 0 Å². The van der Waals surface area contributed by atoms with Crippen LogP contribution in [0, 0.1) is 0 Å². The van der Waals surface area contributed by atoms with Crippen molar-refractivity contribution < 1.29 is 9.53 Å². The normalized spacial score (nSPS) is 34.6. The van der Waals surface area contributed by atoms with E-state index in [1.54, 1.807) is 11.3 Å². The molecule has 2 fully saturated rings. The second kappa shape index (κ2) is 5.23. The Morgan fingerprint density at radius 2 is 2.32 bits per heavy atom. The summed E-state index contributed by atoms with van der Waals surface area (Å²) in [5.74, 6) is 0.221. The first-order chi connectivity index (χ1) is 9.20. The van der Waals surface area contributed by atoms with Crippen LogP contribution in [0.1, 0.15) is 37.7 Å². The fourth-order valence-corrected chi connectivity index (χ4v) is 3.71. The second-order valence-corrected chi connectivity index (χ2v) is 6.23. The molecule has 0 spiro atoms. The molecule has 0 radical (unpaired) electrons. The minimum Gasteiger partial charge on any atom is -0.378 e. The summed E-state index contributed by atoms with van der Waals surface area (Å²) in [7, 11) is 0. The summed E-state index contributed by atoms with van der Waals surface area (Å²) in [6, 6.07) is 4.38. The SMILES string of the molecule is CCOC1CC(N2C(=O)C(C)NC2c2cccs2)C1. The topological polar surface area (TPSA) is 41.6 Å². The quantitative estimate of drug-likeness (QED) is 0.918. The standard InChI is InChI=1S/C14H20N2O2S/c1-3-18-11-7-10(8-11)16-13(12-5-4-6-19-12)15-9(2)14(16)17/h4-6,9-11,13,15H,3,7-8H2,1-2H3. The van der Waals surface area contributed by atoms with Gasteiger partial charge in [0.2, 0.25) is 5.91 Å². The van der Waals surface area contributed by atoms with E-state index in [1.807, 2.05) is 24.8 Å². The van der Waals surface area contributed by atoms with Gasteiger partial charge in [-0.05, 0) is 38.1 Å². The van der Waals surface area contributed by atoms with Crippen LogP contribution in [0.25, 0.3) is 0 Å². The molecule has 2 atom stereocenters. The van der Waals surface area contributed by atoms with Gasteiger partial charge in [-0.2, -0.15) is 0 Å². The Hall–Kier alpha value is -0.910. The highest BCUT2D eigenvalue weighted by Crippen LogP contribution is 2.37. The van der Waals surface area contributed by atoms with Crippen molar-refractivity contribution in [2.45, 2.75) is 51.0 Å². The molecule has 2 heterocycles. The number of ether oxygens (including phenoxy) is 1. The summed E-state index contributed by atoms with van der Waals surface area (Å²) in [4.78, 5) is 15.6. The predicted molar refractivity (Wildman–Crippen MR) is 74.9 cm³/mol. The Morgan fingerprint density at radius 3 is 2.95 bits per heavy atom. The average molecular weight is 280 g/mol. The molecule has 1 N–H and O–H groups in total. The Bertz CT molecular complexity index is 442. The molecule has 104 valence electrons. The van der Waals surface area contributed by atoms with E-state index in [2.05, 4.69) is 16.8 Å². The van der Waals surface area contributed by atoms with Crippen LogP contribution >= 0.6 is 11.3 Å². The largest absolute Gasteiger partial charge is 0.378 e. The lowest BCUT2D eigenvalue weighted by atomic mass is 9.87. The van der Waals surface area contributed by atoms with Gasteiger partial charge in [0.1, 0.15) is 6.17 Å². The third kappa shape index (κ3) is 2.30. The minimum absolute atomic E-state index is 0.0510. The molecule has 1 amide bonds. The van der Waals surface area contributed by atoms with Crippen LogP contribution in [-0.4, -0.2) is 35.6 Å². The maximum absolute atomic E-state index is 12.3. The molecule has 0 aromatic carbocycles. The predicted octanol–water partition coefficient (Wildman–Crippen LogP) is 2.13. The van der Waals surface area contributed by atoms with Gasteiger partial charge in [0, 0.05) is 17.5 Å². The zero-order valence-electron chi connectivity index (χ0n) is 11.3. The summed E-state index contributed by atoms with van der Waals surface area (Å²) in [6.45, 7) is 4.72. The second-order valence-electron chi connectivity index (χ2n) is 5.25. The van der Waals surface area contributed by atoms with Gasteiger partial charge in [-0.25, -0.2) is 0 Å². The Kier molecular flexibility index (Phi) is 3.60. The van der Waals surface area contributed by atoms with E-state index in [-0.39, 0.29) is 18.1 Å². The summed E-state index contributed by atoms with van der Waals surface area (Å²) < 4.78 is 5.60. The first-order valence-corrected chi connectivity index (χ1v) is 7.82. The third-order valence-electron chi connectivity index (χ3n) is 3.99. The van der Waals surface area contributed by atoms with Crippen molar-refractivity contribution in [3.05, 3.63) is 22.4 Å². The van der Waals surface area contributed by atoms with Crippen molar-refractivity contribution in [1.29, 1.82) is 0 Å². The minimum atomic E-state index is -0.0850. The van der Waals surface area contributed by atoms with Gasteiger partial charge in [-0.15, -0.1) is 11.3 Å². The summed E-state index contributed by atoms with van der Waals surface area (Å²) >= 11 is 1.70. The van der Waals surface area contributed by atoms with E-state index in [4.69, 9.17) is 4.74 Å². The summed E-state index contributed by atoms with van der Waals surface area (Å²) in [5.41, 5.74) is 0. The zero-order valence-corrected chi connectivity index (χ0v) is 12.2. The molecule has 1 aromatic heterocycles. The molecule has 19 heavy (non-hydrogen) atoms. The lowest BCUT2D eigenvalue weighted by Crippen LogP contribution is -2.50. The van der Waals surface area contributed by atoms with E-state index < -0.39 is 0 Å². The van der Waals surface area contributed by atoms with Crippen LogP contribution in [0.3, 0.4) is 0 Å². The number of rotatable bonds is 4. The molecule has 2 unspecified atom stereocenters. The number of thiophene rings is 1. The number of amides is 1. The molecular weight excluding hydrogens is 260 g/mol. The highest BCUT2D eigenvalue weighted by Gasteiger charge is 2.46. The number of nitrogens with zero attached hydrogens (tertiary/aromatic N) is 1. The van der Waals surface area contributed by atoms with Gasteiger partial charge in [0.05, 0.1) is 12.1 Å². The fourth-order valence-electron chi connectivity index (χ4n) is 2.93. The van der Waals surface area contributed by atoms with Crippen molar-refractivity contribution in [1.82, 2.24) is 10.2 Å². The fraction of sp³-hybridized carbons (Fsp3) is 0.643. The first kappa shape index (κ1) is 13.1.